The molecule has 2 aromatic rings. The number of hydrogen-bond donors (Lipinski definition) is 4. The standard InChI is InChI=1S/C20H22N6O5/c1-23-19(28)12-7-11(8-14(9-12)31-2)3-4-15-16(18(22)27)17(21)26(24-15)13-5-6-25(10-13)20(29)30/h7-9,13H,5-6,10,21H2,1-2H3,(H2,22,27)(H,23,28)(H,29,30)/t13-/m0/s1. The van der Waals surface area contributed by atoms with Gasteiger partial charge in [-0.1, -0.05) is 5.92 Å². The molecule has 0 radical (unpaired) electrons. The van der Waals surface area contributed by atoms with E-state index in [2.05, 4.69) is 22.3 Å². The molecule has 6 N–H and O–H groups in total. The predicted octanol–water partition coefficient (Wildman–Crippen LogP) is 0.257. The maximum Gasteiger partial charge on any atom is 0.407 e. The Morgan fingerprint density at radius 3 is 2.61 bits per heavy atom. The number of hydrogen-bond acceptors (Lipinski definition) is 6. The fourth-order valence-corrected chi connectivity index (χ4v) is 3.37. The quantitative estimate of drug-likeness (QED) is 0.509. The van der Waals surface area contributed by atoms with Gasteiger partial charge in [0.05, 0.1) is 13.2 Å². The van der Waals surface area contributed by atoms with Crippen molar-refractivity contribution in [3.05, 3.63) is 40.6 Å². The summed E-state index contributed by atoms with van der Waals surface area (Å²) in [5.41, 5.74) is 12.4. The number of carbonyl (C=O) groups is 3. The number of benzene rings is 1. The molecule has 1 aromatic heterocycles. The Morgan fingerprint density at radius 1 is 1.29 bits per heavy atom. The minimum absolute atomic E-state index is 0.0318. The number of nitrogens with one attached hydrogen (secondary N) is 1. The summed E-state index contributed by atoms with van der Waals surface area (Å²) in [7, 11) is 2.98. The largest absolute Gasteiger partial charge is 0.497 e. The van der Waals surface area contributed by atoms with E-state index < -0.39 is 12.0 Å². The zero-order chi connectivity index (χ0) is 22.7. The first-order valence-corrected chi connectivity index (χ1v) is 9.34. The van der Waals surface area contributed by atoms with Gasteiger partial charge in [0.1, 0.15) is 17.1 Å². The minimum atomic E-state index is -1.03. The summed E-state index contributed by atoms with van der Waals surface area (Å²) in [6.07, 6.45) is -0.539. The number of carbonyl (C=O) groups excluding carboxylic acids is 2. The maximum absolute atomic E-state index is 12.0. The van der Waals surface area contributed by atoms with E-state index in [4.69, 9.17) is 21.3 Å². The van der Waals surface area contributed by atoms with Crippen LogP contribution in [0.2, 0.25) is 0 Å². The number of nitrogen functional groups attached to an aromatic ring is 1. The van der Waals surface area contributed by atoms with Gasteiger partial charge in [0, 0.05) is 31.3 Å². The summed E-state index contributed by atoms with van der Waals surface area (Å²) in [6, 6.07) is 4.44. The number of likely N-dealkylation sites (tertiary alicyclic amines) is 1. The third-order valence-corrected chi connectivity index (χ3v) is 4.93. The third-order valence-electron chi connectivity index (χ3n) is 4.93. The van der Waals surface area contributed by atoms with Gasteiger partial charge in [0.25, 0.3) is 11.8 Å². The molecule has 0 saturated carbocycles. The molecule has 31 heavy (non-hydrogen) atoms. The summed E-state index contributed by atoms with van der Waals surface area (Å²) < 4.78 is 6.61. The number of aromatic nitrogens is 2. The van der Waals surface area contributed by atoms with Gasteiger partial charge in [-0.3, -0.25) is 9.59 Å². The van der Waals surface area contributed by atoms with Crippen LogP contribution in [0.3, 0.4) is 0 Å². The summed E-state index contributed by atoms with van der Waals surface area (Å²) >= 11 is 0. The zero-order valence-corrected chi connectivity index (χ0v) is 17.0. The SMILES string of the molecule is CNC(=O)c1cc(C#Cc2nn([C@H]3CCN(C(=O)O)C3)c(N)c2C(N)=O)cc(OC)c1. The number of amides is 3. The minimum Gasteiger partial charge on any atom is -0.497 e. The highest BCUT2D eigenvalue weighted by atomic mass is 16.5. The average Bonchev–Trinajstić information content (AvgIpc) is 3.36. The zero-order valence-electron chi connectivity index (χ0n) is 17.0. The molecule has 1 atom stereocenters. The second kappa shape index (κ2) is 8.66. The van der Waals surface area contributed by atoms with Crippen molar-refractivity contribution in [1.29, 1.82) is 0 Å². The molecule has 1 fully saturated rings. The van der Waals surface area contributed by atoms with Gasteiger partial charge in [0.2, 0.25) is 0 Å². The van der Waals surface area contributed by atoms with Crippen molar-refractivity contribution in [1.82, 2.24) is 20.0 Å². The van der Waals surface area contributed by atoms with Crippen molar-refractivity contribution in [3.8, 4) is 17.6 Å². The monoisotopic (exact) mass is 426 g/mol. The van der Waals surface area contributed by atoms with Crippen LogP contribution >= 0.6 is 0 Å². The topological polar surface area (TPSA) is 166 Å². The fraction of sp³-hybridized carbons (Fsp3) is 0.300. The summed E-state index contributed by atoms with van der Waals surface area (Å²) in [4.78, 5) is 36.4. The number of anilines is 1. The van der Waals surface area contributed by atoms with E-state index in [0.717, 1.165) is 0 Å². The normalized spacial score (nSPS) is 15.2. The Hall–Kier alpha value is -4.20. The lowest BCUT2D eigenvalue weighted by molar-refractivity contribution is 0.0961. The van der Waals surface area contributed by atoms with Crippen molar-refractivity contribution in [2.75, 3.05) is 33.0 Å². The molecular weight excluding hydrogens is 404 g/mol. The van der Waals surface area contributed by atoms with Crippen molar-refractivity contribution in [2.45, 2.75) is 12.5 Å². The van der Waals surface area contributed by atoms with E-state index >= 15 is 0 Å². The Morgan fingerprint density at radius 2 is 2.03 bits per heavy atom. The molecule has 1 aromatic carbocycles. The van der Waals surface area contributed by atoms with E-state index in [1.54, 1.807) is 18.2 Å². The molecule has 3 rings (SSSR count). The molecule has 3 amide bonds. The Kier molecular flexibility index (Phi) is 6.01. The summed E-state index contributed by atoms with van der Waals surface area (Å²) in [6.45, 7) is 0.524. The molecule has 0 aliphatic carbocycles. The second-order valence-electron chi connectivity index (χ2n) is 6.87. The molecule has 11 nitrogen and oxygen atoms in total. The predicted molar refractivity (Wildman–Crippen MR) is 111 cm³/mol. The molecule has 1 aliphatic heterocycles. The van der Waals surface area contributed by atoms with Crippen LogP contribution in [0.15, 0.2) is 18.2 Å². The first kappa shape index (κ1) is 21.5. The Balaban J connectivity index is 2.00. The number of methoxy groups -OCH3 is 1. The van der Waals surface area contributed by atoms with Crippen LogP contribution in [0.4, 0.5) is 10.6 Å². The number of rotatable bonds is 4. The van der Waals surface area contributed by atoms with Crippen molar-refractivity contribution in [2.24, 2.45) is 5.73 Å². The lowest BCUT2D eigenvalue weighted by Crippen LogP contribution is -2.27. The third kappa shape index (κ3) is 4.37. The van der Waals surface area contributed by atoms with Gasteiger partial charge in [-0.25, -0.2) is 9.48 Å². The Bertz CT molecular complexity index is 1110. The molecule has 0 bridgehead atoms. The molecule has 0 unspecified atom stereocenters. The van der Waals surface area contributed by atoms with Gasteiger partial charge >= 0.3 is 6.09 Å². The molecule has 11 heteroatoms. The average molecular weight is 426 g/mol. The molecule has 1 saturated heterocycles. The lowest BCUT2D eigenvalue weighted by Gasteiger charge is -2.13. The number of ether oxygens (including phenoxy) is 1. The van der Waals surface area contributed by atoms with E-state index in [-0.39, 0.29) is 35.6 Å². The maximum atomic E-state index is 12.0. The van der Waals surface area contributed by atoms with E-state index in [0.29, 0.717) is 29.8 Å². The molecule has 2 heterocycles. The van der Waals surface area contributed by atoms with Crippen LogP contribution in [0.5, 0.6) is 5.75 Å². The summed E-state index contributed by atoms with van der Waals surface area (Å²) in [5.74, 6) is 5.01. The van der Waals surface area contributed by atoms with Gasteiger partial charge in [0.15, 0.2) is 5.69 Å². The van der Waals surface area contributed by atoms with E-state index in [1.807, 2.05) is 0 Å². The van der Waals surface area contributed by atoms with Crippen molar-refractivity contribution in [3.63, 3.8) is 0 Å². The van der Waals surface area contributed by atoms with Crippen LogP contribution < -0.4 is 21.5 Å². The number of carboxylic acid groups (broad SMARTS) is 1. The van der Waals surface area contributed by atoms with Crippen LogP contribution in [-0.4, -0.2) is 64.9 Å². The molecule has 162 valence electrons. The molecule has 0 spiro atoms. The van der Waals surface area contributed by atoms with Gasteiger partial charge < -0.3 is 31.5 Å². The van der Waals surface area contributed by atoms with Crippen LogP contribution in [0.25, 0.3) is 0 Å². The lowest BCUT2D eigenvalue weighted by atomic mass is 10.1. The first-order chi connectivity index (χ1) is 14.7. The van der Waals surface area contributed by atoms with Crippen LogP contribution in [-0.2, 0) is 0 Å². The van der Waals surface area contributed by atoms with Gasteiger partial charge in [-0.05, 0) is 30.5 Å². The number of nitrogens with zero attached hydrogens (tertiary/aromatic N) is 3. The van der Waals surface area contributed by atoms with Crippen LogP contribution in [0.1, 0.15) is 44.4 Å². The van der Waals surface area contributed by atoms with Crippen molar-refractivity contribution < 1.29 is 24.2 Å². The smallest absolute Gasteiger partial charge is 0.407 e. The van der Waals surface area contributed by atoms with Gasteiger partial charge in [-0.2, -0.15) is 5.10 Å². The van der Waals surface area contributed by atoms with Crippen LogP contribution in [0, 0.1) is 11.8 Å². The highest BCUT2D eigenvalue weighted by molar-refractivity contribution is 5.99. The summed E-state index contributed by atoms with van der Waals surface area (Å²) in [5, 5.41) is 16.0. The van der Waals surface area contributed by atoms with Gasteiger partial charge in [-0.15, -0.1) is 0 Å². The first-order valence-electron chi connectivity index (χ1n) is 9.34. The highest BCUT2D eigenvalue weighted by Crippen LogP contribution is 2.27. The molecular formula is C20H22N6O5. The highest BCUT2D eigenvalue weighted by Gasteiger charge is 2.31. The number of nitrogens with two attached hydrogens (primary N) is 2. The van der Waals surface area contributed by atoms with Crippen molar-refractivity contribution >= 4 is 23.7 Å². The Labute approximate surface area is 177 Å². The molecule has 1 aliphatic rings. The van der Waals surface area contributed by atoms with E-state index in [1.165, 1.54) is 23.7 Å². The number of primary amides is 1. The van der Waals surface area contributed by atoms with E-state index in [9.17, 15) is 14.4 Å². The fourth-order valence-electron chi connectivity index (χ4n) is 3.37. The second-order valence-corrected chi connectivity index (χ2v) is 6.87.